The summed E-state index contributed by atoms with van der Waals surface area (Å²) in [6, 6.07) is 12.0. The highest BCUT2D eigenvalue weighted by Gasteiger charge is 2.17. The number of nitro groups is 1. The van der Waals surface area contributed by atoms with Crippen molar-refractivity contribution in [1.29, 1.82) is 0 Å². The van der Waals surface area contributed by atoms with Crippen molar-refractivity contribution in [3.63, 3.8) is 0 Å². The molecule has 0 saturated heterocycles. The third-order valence-corrected chi connectivity index (χ3v) is 3.45. The second kappa shape index (κ2) is 7.86. The molecule has 1 amide bonds. The first kappa shape index (κ1) is 19.2. The van der Waals surface area contributed by atoms with Gasteiger partial charge in [-0.25, -0.2) is 4.79 Å². The number of hydrogen-bond donors (Lipinski definition) is 2. The molecule has 0 heterocycles. The van der Waals surface area contributed by atoms with E-state index < -0.39 is 16.6 Å². The van der Waals surface area contributed by atoms with Gasteiger partial charge >= 0.3 is 6.09 Å². The predicted octanol–water partition coefficient (Wildman–Crippen LogP) is 5.25. The number of nitrogens with one attached hydrogen (secondary N) is 2. The number of carbonyl (C=O) groups excluding carboxylic acids is 1. The van der Waals surface area contributed by atoms with Crippen molar-refractivity contribution in [3.8, 4) is 0 Å². The monoisotopic (exact) mass is 357 g/mol. The fraction of sp³-hybridized carbons (Fsp3) is 0.316. The quantitative estimate of drug-likeness (QED) is 0.563. The molecule has 0 atom stereocenters. The normalized spacial score (nSPS) is 10.9. The van der Waals surface area contributed by atoms with Gasteiger partial charge in [0.05, 0.1) is 4.92 Å². The number of aryl methyl sites for hydroxylation is 1. The van der Waals surface area contributed by atoms with E-state index in [9.17, 15) is 14.9 Å². The van der Waals surface area contributed by atoms with Crippen LogP contribution in [0.4, 0.5) is 27.5 Å². The van der Waals surface area contributed by atoms with E-state index in [4.69, 9.17) is 4.74 Å². The Morgan fingerprint density at radius 3 is 2.46 bits per heavy atom. The molecular weight excluding hydrogens is 334 g/mol. The molecule has 2 rings (SSSR count). The average Bonchev–Trinajstić information content (AvgIpc) is 2.53. The minimum atomic E-state index is -0.596. The van der Waals surface area contributed by atoms with Crippen molar-refractivity contribution >= 4 is 28.8 Å². The Labute approximate surface area is 152 Å². The highest BCUT2D eigenvalue weighted by atomic mass is 16.6. The van der Waals surface area contributed by atoms with Crippen LogP contribution < -0.4 is 10.6 Å². The molecule has 0 aromatic heterocycles. The fourth-order valence-corrected chi connectivity index (χ4v) is 2.31. The summed E-state index contributed by atoms with van der Waals surface area (Å²) in [5.74, 6) is 0. The summed E-state index contributed by atoms with van der Waals surface area (Å²) in [6.45, 7) is 7.29. The molecular formula is C19H23N3O4. The minimum Gasteiger partial charge on any atom is -0.444 e. The van der Waals surface area contributed by atoms with Gasteiger partial charge in [0.25, 0.3) is 5.69 Å². The van der Waals surface area contributed by atoms with E-state index in [0.717, 1.165) is 12.0 Å². The average molecular weight is 357 g/mol. The number of carbonyl (C=O) groups is 1. The lowest BCUT2D eigenvalue weighted by Gasteiger charge is -2.19. The van der Waals surface area contributed by atoms with Crippen LogP contribution in [0.3, 0.4) is 0 Å². The molecule has 2 aromatic carbocycles. The molecule has 0 fully saturated rings. The number of ether oxygens (including phenoxy) is 1. The van der Waals surface area contributed by atoms with E-state index in [1.807, 2.05) is 13.0 Å². The van der Waals surface area contributed by atoms with Gasteiger partial charge in [0.1, 0.15) is 11.3 Å². The second-order valence-corrected chi connectivity index (χ2v) is 6.79. The number of anilines is 3. The van der Waals surface area contributed by atoms with E-state index in [-0.39, 0.29) is 5.69 Å². The smallest absolute Gasteiger partial charge is 0.412 e. The van der Waals surface area contributed by atoms with E-state index in [2.05, 4.69) is 10.6 Å². The first-order chi connectivity index (χ1) is 12.2. The molecule has 0 aliphatic rings. The lowest BCUT2D eigenvalue weighted by atomic mass is 10.1. The third-order valence-electron chi connectivity index (χ3n) is 3.45. The maximum Gasteiger partial charge on any atom is 0.412 e. The van der Waals surface area contributed by atoms with Gasteiger partial charge in [-0.15, -0.1) is 0 Å². The zero-order chi connectivity index (χ0) is 19.3. The standard InChI is InChI=1S/C19H23N3O4/c1-5-13-9-10-16(17(11-13)22(24)25)20-14-7-6-8-15(12-14)21-18(23)26-19(2,3)4/h6-12,20H,5H2,1-4H3,(H,21,23). The third kappa shape index (κ3) is 5.47. The Morgan fingerprint density at radius 2 is 1.85 bits per heavy atom. The van der Waals surface area contributed by atoms with Gasteiger partial charge in [-0.05, 0) is 57.0 Å². The summed E-state index contributed by atoms with van der Waals surface area (Å²) in [4.78, 5) is 22.8. The predicted molar refractivity (Wildman–Crippen MR) is 102 cm³/mol. The molecule has 0 bridgehead atoms. The molecule has 7 nitrogen and oxygen atoms in total. The topological polar surface area (TPSA) is 93.5 Å². The summed E-state index contributed by atoms with van der Waals surface area (Å²) < 4.78 is 5.22. The molecule has 0 aliphatic heterocycles. The van der Waals surface area contributed by atoms with Crippen molar-refractivity contribution in [2.45, 2.75) is 39.7 Å². The molecule has 0 unspecified atom stereocenters. The maximum atomic E-state index is 11.9. The van der Waals surface area contributed by atoms with Crippen LogP contribution in [0.5, 0.6) is 0 Å². The fourth-order valence-electron chi connectivity index (χ4n) is 2.31. The van der Waals surface area contributed by atoms with Gasteiger partial charge in [-0.2, -0.15) is 0 Å². The van der Waals surface area contributed by atoms with Crippen LogP contribution in [0.15, 0.2) is 42.5 Å². The maximum absolute atomic E-state index is 11.9. The van der Waals surface area contributed by atoms with Gasteiger partial charge in [0.15, 0.2) is 0 Å². The SMILES string of the molecule is CCc1ccc(Nc2cccc(NC(=O)OC(C)(C)C)c2)c([N+](=O)[O-])c1. The van der Waals surface area contributed by atoms with Crippen LogP contribution >= 0.6 is 0 Å². The molecule has 0 radical (unpaired) electrons. The van der Waals surface area contributed by atoms with Gasteiger partial charge < -0.3 is 10.1 Å². The van der Waals surface area contributed by atoms with Crippen molar-refractivity contribution in [3.05, 3.63) is 58.1 Å². The molecule has 0 aliphatic carbocycles. The van der Waals surface area contributed by atoms with Gasteiger partial charge in [-0.3, -0.25) is 15.4 Å². The molecule has 2 aromatic rings. The molecule has 7 heteroatoms. The van der Waals surface area contributed by atoms with Crippen molar-refractivity contribution < 1.29 is 14.5 Å². The van der Waals surface area contributed by atoms with E-state index in [1.165, 1.54) is 0 Å². The first-order valence-corrected chi connectivity index (χ1v) is 8.32. The van der Waals surface area contributed by atoms with Crippen LogP contribution in [0, 0.1) is 10.1 Å². The van der Waals surface area contributed by atoms with E-state index in [0.29, 0.717) is 17.1 Å². The van der Waals surface area contributed by atoms with Gasteiger partial charge in [-0.1, -0.05) is 19.1 Å². The Hall–Kier alpha value is -3.09. The molecule has 2 N–H and O–H groups in total. The number of nitrogens with zero attached hydrogens (tertiary/aromatic N) is 1. The second-order valence-electron chi connectivity index (χ2n) is 6.79. The summed E-state index contributed by atoms with van der Waals surface area (Å²) in [5, 5.41) is 17.0. The van der Waals surface area contributed by atoms with Gasteiger partial charge in [0.2, 0.25) is 0 Å². The molecule has 0 saturated carbocycles. The largest absolute Gasteiger partial charge is 0.444 e. The number of rotatable bonds is 5. The first-order valence-electron chi connectivity index (χ1n) is 8.32. The zero-order valence-corrected chi connectivity index (χ0v) is 15.3. The summed E-state index contributed by atoms with van der Waals surface area (Å²) in [6.07, 6.45) is 0.157. The highest BCUT2D eigenvalue weighted by Crippen LogP contribution is 2.29. The van der Waals surface area contributed by atoms with E-state index in [1.54, 1.807) is 57.2 Å². The van der Waals surface area contributed by atoms with Crippen LogP contribution in [0.1, 0.15) is 33.3 Å². The lowest BCUT2D eigenvalue weighted by Crippen LogP contribution is -2.27. The summed E-state index contributed by atoms with van der Waals surface area (Å²) in [5.41, 5.74) is 1.84. The molecule has 0 spiro atoms. The van der Waals surface area contributed by atoms with Crippen LogP contribution in [-0.4, -0.2) is 16.6 Å². The van der Waals surface area contributed by atoms with Crippen molar-refractivity contribution in [1.82, 2.24) is 0 Å². The number of benzene rings is 2. The number of nitro benzene ring substituents is 1. The number of hydrogen-bond acceptors (Lipinski definition) is 5. The Kier molecular flexibility index (Phi) is 5.82. The van der Waals surface area contributed by atoms with Crippen LogP contribution in [-0.2, 0) is 11.2 Å². The molecule has 138 valence electrons. The number of amides is 1. The Bertz CT molecular complexity index is 813. The van der Waals surface area contributed by atoms with Crippen molar-refractivity contribution in [2.75, 3.05) is 10.6 Å². The van der Waals surface area contributed by atoms with Crippen molar-refractivity contribution in [2.24, 2.45) is 0 Å². The summed E-state index contributed by atoms with van der Waals surface area (Å²) >= 11 is 0. The minimum absolute atomic E-state index is 0.00912. The Morgan fingerprint density at radius 1 is 1.15 bits per heavy atom. The lowest BCUT2D eigenvalue weighted by molar-refractivity contribution is -0.384. The molecule has 26 heavy (non-hydrogen) atoms. The Balaban J connectivity index is 2.19. The van der Waals surface area contributed by atoms with E-state index >= 15 is 0 Å². The zero-order valence-electron chi connectivity index (χ0n) is 15.3. The van der Waals surface area contributed by atoms with Crippen LogP contribution in [0.25, 0.3) is 0 Å². The van der Waals surface area contributed by atoms with Gasteiger partial charge in [0, 0.05) is 17.4 Å². The van der Waals surface area contributed by atoms with Crippen LogP contribution in [0.2, 0.25) is 0 Å². The summed E-state index contributed by atoms with van der Waals surface area (Å²) in [7, 11) is 0. The highest BCUT2D eigenvalue weighted by molar-refractivity contribution is 5.86.